The molecule has 1 saturated carbocycles. The van der Waals surface area contributed by atoms with Gasteiger partial charge in [-0.05, 0) is 44.6 Å². The van der Waals surface area contributed by atoms with Crippen LogP contribution in [0.25, 0.3) is 0 Å². The molecule has 1 aliphatic heterocycles. The molecule has 6 heteroatoms. The molecule has 3 amide bonds. The van der Waals surface area contributed by atoms with Crippen LogP contribution in [0.5, 0.6) is 0 Å². The molecule has 23 heavy (non-hydrogen) atoms. The first-order valence-electron chi connectivity index (χ1n) is 8.01. The van der Waals surface area contributed by atoms with Gasteiger partial charge in [-0.2, -0.15) is 0 Å². The molecule has 1 aromatic rings. The van der Waals surface area contributed by atoms with Crippen molar-refractivity contribution in [2.24, 2.45) is 5.92 Å². The molecule has 1 N–H and O–H groups in total. The van der Waals surface area contributed by atoms with E-state index in [4.69, 9.17) is 0 Å². The van der Waals surface area contributed by atoms with Crippen LogP contribution in [0.1, 0.15) is 30.9 Å². The summed E-state index contributed by atoms with van der Waals surface area (Å²) >= 11 is 0. The molecule has 2 aliphatic rings. The van der Waals surface area contributed by atoms with Crippen LogP contribution in [0, 0.1) is 11.7 Å². The van der Waals surface area contributed by atoms with Gasteiger partial charge in [-0.1, -0.05) is 18.6 Å². The summed E-state index contributed by atoms with van der Waals surface area (Å²) in [5.41, 5.74) is 0.754. The second-order valence-electron chi connectivity index (χ2n) is 6.58. The molecule has 0 spiro atoms. The third-order valence-corrected chi connectivity index (χ3v) is 4.87. The Bertz CT molecular complexity index is 620. The van der Waals surface area contributed by atoms with E-state index >= 15 is 0 Å². The normalized spacial score (nSPS) is 25.5. The maximum Gasteiger partial charge on any atom is 0.324 e. The Labute approximate surface area is 135 Å². The smallest absolute Gasteiger partial charge is 0.324 e. The van der Waals surface area contributed by atoms with E-state index in [9.17, 15) is 14.0 Å². The third kappa shape index (κ3) is 3.08. The van der Waals surface area contributed by atoms with E-state index in [0.717, 1.165) is 24.8 Å². The van der Waals surface area contributed by atoms with Crippen LogP contribution in [-0.4, -0.2) is 48.4 Å². The van der Waals surface area contributed by atoms with E-state index in [-0.39, 0.29) is 42.3 Å². The predicted molar refractivity (Wildman–Crippen MR) is 84.2 cm³/mol. The number of rotatable bonds is 4. The fourth-order valence-corrected chi connectivity index (χ4v) is 3.59. The summed E-state index contributed by atoms with van der Waals surface area (Å²) in [6, 6.07) is 5.72. The number of benzene rings is 1. The Morgan fingerprint density at radius 2 is 2.13 bits per heavy atom. The lowest BCUT2D eigenvalue weighted by atomic mass is 9.98. The van der Waals surface area contributed by atoms with Crippen molar-refractivity contribution in [3.8, 4) is 0 Å². The number of carbonyl (C=O) groups is 2. The molecule has 3 rings (SSSR count). The zero-order chi connectivity index (χ0) is 16.6. The second kappa shape index (κ2) is 6.28. The summed E-state index contributed by atoms with van der Waals surface area (Å²) < 4.78 is 13.5. The fraction of sp³-hybridized carbons (Fsp3) is 0.529. The van der Waals surface area contributed by atoms with Gasteiger partial charge >= 0.3 is 6.03 Å². The minimum atomic E-state index is -0.332. The monoisotopic (exact) mass is 319 g/mol. The van der Waals surface area contributed by atoms with Crippen LogP contribution in [0.4, 0.5) is 9.18 Å². The van der Waals surface area contributed by atoms with Gasteiger partial charge < -0.3 is 10.2 Å². The van der Waals surface area contributed by atoms with Gasteiger partial charge in [0.05, 0.1) is 18.5 Å². The van der Waals surface area contributed by atoms with Crippen molar-refractivity contribution in [2.45, 2.75) is 31.3 Å². The van der Waals surface area contributed by atoms with Crippen molar-refractivity contribution in [1.29, 1.82) is 0 Å². The zero-order valence-electron chi connectivity index (χ0n) is 13.5. The Hall–Kier alpha value is -1.95. The van der Waals surface area contributed by atoms with E-state index in [1.807, 2.05) is 25.1 Å². The van der Waals surface area contributed by atoms with E-state index in [1.54, 1.807) is 6.07 Å². The first-order chi connectivity index (χ1) is 11.0. The summed E-state index contributed by atoms with van der Waals surface area (Å²) in [4.78, 5) is 28.1. The molecule has 0 aromatic heterocycles. The summed E-state index contributed by atoms with van der Waals surface area (Å²) in [6.45, 7) is 0.227. The first-order valence-corrected chi connectivity index (χ1v) is 8.01. The number of nitrogens with one attached hydrogen (secondary N) is 1. The quantitative estimate of drug-likeness (QED) is 0.925. The van der Waals surface area contributed by atoms with Gasteiger partial charge in [0.2, 0.25) is 5.91 Å². The molecule has 5 nitrogen and oxygen atoms in total. The second-order valence-corrected chi connectivity index (χ2v) is 6.58. The Morgan fingerprint density at radius 1 is 1.35 bits per heavy atom. The Balaban J connectivity index is 1.82. The van der Waals surface area contributed by atoms with Crippen molar-refractivity contribution in [3.63, 3.8) is 0 Å². The highest BCUT2D eigenvalue weighted by atomic mass is 19.1. The lowest BCUT2D eigenvalue weighted by Crippen LogP contribution is -2.59. The first kappa shape index (κ1) is 15.9. The van der Waals surface area contributed by atoms with E-state index < -0.39 is 0 Å². The van der Waals surface area contributed by atoms with Gasteiger partial charge in [0.1, 0.15) is 5.82 Å². The standard InChI is InChI=1S/C17H22FN3O2/c1-20(2)15(11-5-3-6-12(18)9-11)10-21-16(22)13-7-4-8-14(13)19-17(21)23/h3,5-6,9,13-15H,4,7-8,10H2,1-2H3,(H,19,23)/t13-,14+,15?/m0/s1. The molecular formula is C17H22FN3O2. The highest BCUT2D eigenvalue weighted by molar-refractivity contribution is 5.99. The van der Waals surface area contributed by atoms with E-state index in [1.165, 1.54) is 17.0 Å². The molecule has 1 saturated heterocycles. The van der Waals surface area contributed by atoms with Gasteiger partial charge in [0.15, 0.2) is 0 Å². The van der Waals surface area contributed by atoms with Gasteiger partial charge in [0, 0.05) is 6.04 Å². The van der Waals surface area contributed by atoms with Crippen LogP contribution >= 0.6 is 0 Å². The average Bonchev–Trinajstić information content (AvgIpc) is 2.95. The summed E-state index contributed by atoms with van der Waals surface area (Å²) in [7, 11) is 3.72. The minimum Gasteiger partial charge on any atom is -0.334 e. The molecule has 3 atom stereocenters. The SMILES string of the molecule is CN(C)C(CN1C(=O)N[C@@H]2CCC[C@@H]2C1=O)c1cccc(F)c1. The molecular weight excluding hydrogens is 297 g/mol. The van der Waals surface area contributed by atoms with Crippen molar-refractivity contribution >= 4 is 11.9 Å². The number of nitrogens with zero attached hydrogens (tertiary/aromatic N) is 2. The number of carbonyl (C=O) groups excluding carboxylic acids is 2. The van der Waals surface area contributed by atoms with Crippen LogP contribution in [0.3, 0.4) is 0 Å². The fourth-order valence-electron chi connectivity index (χ4n) is 3.59. The summed E-state index contributed by atoms with van der Waals surface area (Å²) in [6.07, 6.45) is 2.67. The molecule has 1 aliphatic carbocycles. The number of likely N-dealkylation sites (N-methyl/N-ethyl adjacent to an activating group) is 1. The third-order valence-electron chi connectivity index (χ3n) is 4.87. The van der Waals surface area contributed by atoms with Crippen LogP contribution < -0.4 is 5.32 Å². The molecule has 0 radical (unpaired) electrons. The lowest BCUT2D eigenvalue weighted by Gasteiger charge is -2.37. The van der Waals surface area contributed by atoms with Gasteiger partial charge in [0.25, 0.3) is 0 Å². The Morgan fingerprint density at radius 3 is 2.83 bits per heavy atom. The Kier molecular flexibility index (Phi) is 4.35. The van der Waals surface area contributed by atoms with Crippen LogP contribution in [0.2, 0.25) is 0 Å². The van der Waals surface area contributed by atoms with Crippen molar-refractivity contribution in [3.05, 3.63) is 35.6 Å². The maximum atomic E-state index is 13.5. The number of hydrogen-bond acceptors (Lipinski definition) is 3. The highest BCUT2D eigenvalue weighted by Gasteiger charge is 2.44. The number of urea groups is 1. The molecule has 1 heterocycles. The molecule has 0 bridgehead atoms. The highest BCUT2D eigenvalue weighted by Crippen LogP contribution is 2.32. The average molecular weight is 319 g/mol. The van der Waals surface area contributed by atoms with Crippen molar-refractivity contribution in [2.75, 3.05) is 20.6 Å². The summed E-state index contributed by atoms with van der Waals surface area (Å²) in [5, 5.41) is 2.94. The van der Waals surface area contributed by atoms with Gasteiger partial charge in [-0.15, -0.1) is 0 Å². The lowest BCUT2D eigenvalue weighted by molar-refractivity contribution is -0.135. The predicted octanol–water partition coefficient (Wildman–Crippen LogP) is 2.15. The van der Waals surface area contributed by atoms with E-state index in [0.29, 0.717) is 0 Å². The van der Waals surface area contributed by atoms with E-state index in [2.05, 4.69) is 5.32 Å². The number of halogens is 1. The molecule has 1 unspecified atom stereocenters. The number of hydrogen-bond donors (Lipinski definition) is 1. The molecule has 1 aromatic carbocycles. The zero-order valence-corrected chi connectivity index (χ0v) is 13.5. The van der Waals surface area contributed by atoms with Crippen molar-refractivity contribution < 1.29 is 14.0 Å². The van der Waals surface area contributed by atoms with Gasteiger partial charge in [-0.25, -0.2) is 9.18 Å². The number of fused-ring (bicyclic) bond motifs is 1. The van der Waals surface area contributed by atoms with Crippen LogP contribution in [0.15, 0.2) is 24.3 Å². The van der Waals surface area contributed by atoms with Gasteiger partial charge in [-0.3, -0.25) is 9.69 Å². The summed E-state index contributed by atoms with van der Waals surface area (Å²) in [5.74, 6) is -0.526. The number of imide groups is 1. The molecule has 124 valence electrons. The molecule has 2 fully saturated rings. The minimum absolute atomic E-state index is 0.0155. The van der Waals surface area contributed by atoms with Crippen LogP contribution in [-0.2, 0) is 4.79 Å². The maximum absolute atomic E-state index is 13.5. The largest absolute Gasteiger partial charge is 0.334 e. The van der Waals surface area contributed by atoms with Crippen molar-refractivity contribution in [1.82, 2.24) is 15.1 Å². The topological polar surface area (TPSA) is 52.6 Å². The number of amides is 3.